The van der Waals surface area contributed by atoms with Crippen molar-refractivity contribution in [1.82, 2.24) is 14.8 Å². The molecule has 20 heavy (non-hydrogen) atoms. The lowest BCUT2D eigenvalue weighted by Crippen LogP contribution is -2.25. The number of hydrogen-bond donors (Lipinski definition) is 1. The summed E-state index contributed by atoms with van der Waals surface area (Å²) in [6, 6.07) is 0. The average molecular weight is 355 g/mol. The Morgan fingerprint density at radius 1 is 1.55 bits per heavy atom. The monoisotopic (exact) mass is 354 g/mol. The minimum atomic E-state index is -0.0667. The summed E-state index contributed by atoms with van der Waals surface area (Å²) in [5.74, 6) is 0.630. The molecule has 1 N–H and O–H groups in total. The number of thiazole rings is 1. The molecule has 2 aromatic heterocycles. The number of nitrogens with zero attached hydrogens (tertiary/aromatic N) is 3. The van der Waals surface area contributed by atoms with Crippen molar-refractivity contribution < 1.29 is 0 Å². The van der Waals surface area contributed by atoms with E-state index in [-0.39, 0.29) is 5.56 Å². The van der Waals surface area contributed by atoms with Crippen LogP contribution in [0.5, 0.6) is 0 Å². The summed E-state index contributed by atoms with van der Waals surface area (Å²) in [6.07, 6.45) is 4.12. The van der Waals surface area contributed by atoms with E-state index in [4.69, 9.17) is 0 Å². The lowest BCUT2D eigenvalue weighted by atomic mass is 10.3. The van der Waals surface area contributed by atoms with Crippen molar-refractivity contribution in [3.05, 3.63) is 37.1 Å². The number of aryl methyl sites for hydroxylation is 1. The van der Waals surface area contributed by atoms with Crippen molar-refractivity contribution in [2.24, 2.45) is 5.92 Å². The van der Waals surface area contributed by atoms with E-state index in [2.05, 4.69) is 31.3 Å². The molecule has 0 unspecified atom stereocenters. The van der Waals surface area contributed by atoms with E-state index in [1.54, 1.807) is 22.2 Å². The highest BCUT2D eigenvalue weighted by Gasteiger charge is 2.23. The fourth-order valence-electron chi connectivity index (χ4n) is 1.93. The molecule has 0 aromatic carbocycles. The third-order valence-corrected chi connectivity index (χ3v) is 5.10. The Hall–Kier alpha value is -1.21. The van der Waals surface area contributed by atoms with Gasteiger partial charge < -0.3 is 5.32 Å². The maximum atomic E-state index is 12.2. The molecule has 1 aliphatic rings. The van der Waals surface area contributed by atoms with Crippen molar-refractivity contribution in [2.45, 2.75) is 32.9 Å². The van der Waals surface area contributed by atoms with E-state index in [1.807, 2.05) is 12.4 Å². The fourth-order valence-corrected chi connectivity index (χ4v) is 3.10. The number of hydrogen-bond acceptors (Lipinski definition) is 5. The van der Waals surface area contributed by atoms with Crippen LogP contribution in [0.2, 0.25) is 0 Å². The van der Waals surface area contributed by atoms with Gasteiger partial charge in [-0.2, -0.15) is 5.10 Å². The van der Waals surface area contributed by atoms with E-state index in [0.29, 0.717) is 16.9 Å². The van der Waals surface area contributed by atoms with Crippen LogP contribution < -0.4 is 10.9 Å². The number of anilines is 1. The lowest BCUT2D eigenvalue weighted by molar-refractivity contribution is 0.532. The molecular weight excluding hydrogens is 340 g/mol. The number of aromatic nitrogens is 3. The molecule has 1 aliphatic carbocycles. The molecule has 2 heterocycles. The molecule has 5 nitrogen and oxygen atoms in total. The van der Waals surface area contributed by atoms with Crippen LogP contribution in [0.25, 0.3) is 0 Å². The Kier molecular flexibility index (Phi) is 3.89. The summed E-state index contributed by atoms with van der Waals surface area (Å²) in [7, 11) is 0. The van der Waals surface area contributed by atoms with E-state index >= 15 is 0 Å². The van der Waals surface area contributed by atoms with Gasteiger partial charge in [0, 0.05) is 11.4 Å². The molecule has 0 spiro atoms. The molecule has 0 bridgehead atoms. The van der Waals surface area contributed by atoms with Crippen LogP contribution in [0.15, 0.2) is 21.0 Å². The van der Waals surface area contributed by atoms with Crippen LogP contribution in [0.1, 0.15) is 23.4 Å². The molecule has 106 valence electrons. The van der Waals surface area contributed by atoms with Gasteiger partial charge in [0.15, 0.2) is 0 Å². The molecule has 0 atom stereocenters. The van der Waals surface area contributed by atoms with Gasteiger partial charge in [0.1, 0.15) is 4.47 Å². The Morgan fingerprint density at radius 3 is 3.00 bits per heavy atom. The van der Waals surface area contributed by atoms with Gasteiger partial charge in [0.2, 0.25) is 0 Å². The molecule has 0 amide bonds. The van der Waals surface area contributed by atoms with Crippen LogP contribution in [0.3, 0.4) is 0 Å². The smallest absolute Gasteiger partial charge is 0.283 e. The molecule has 7 heteroatoms. The second-order valence-corrected chi connectivity index (χ2v) is 6.75. The Labute approximate surface area is 129 Å². The Balaban J connectivity index is 1.75. The fraction of sp³-hybridized carbons (Fsp3) is 0.462. The standard InChI is InChI=1S/C13H15BrN4OS/c1-8-11(20-7-16-8)5-15-10-4-17-18(6-9-2-3-9)13(19)12(10)14/h4,7,9,15H,2-3,5-6H2,1H3. The van der Waals surface area contributed by atoms with Gasteiger partial charge in [-0.3, -0.25) is 4.79 Å². The van der Waals surface area contributed by atoms with Crippen LogP contribution >= 0.6 is 27.3 Å². The first-order valence-electron chi connectivity index (χ1n) is 6.53. The summed E-state index contributed by atoms with van der Waals surface area (Å²) < 4.78 is 2.10. The van der Waals surface area contributed by atoms with Crippen molar-refractivity contribution in [2.75, 3.05) is 5.32 Å². The summed E-state index contributed by atoms with van der Waals surface area (Å²) in [6.45, 7) is 3.36. The van der Waals surface area contributed by atoms with Crippen molar-refractivity contribution >= 4 is 33.0 Å². The van der Waals surface area contributed by atoms with E-state index in [1.165, 1.54) is 17.7 Å². The zero-order valence-corrected chi connectivity index (χ0v) is 13.5. The van der Waals surface area contributed by atoms with Gasteiger partial charge in [-0.1, -0.05) is 0 Å². The van der Waals surface area contributed by atoms with E-state index in [9.17, 15) is 4.79 Å². The van der Waals surface area contributed by atoms with Gasteiger partial charge in [0.25, 0.3) is 5.56 Å². The highest BCUT2D eigenvalue weighted by Crippen LogP contribution is 2.30. The van der Waals surface area contributed by atoms with E-state index < -0.39 is 0 Å². The predicted molar refractivity (Wildman–Crippen MR) is 83.1 cm³/mol. The van der Waals surface area contributed by atoms with Crippen molar-refractivity contribution in [3.63, 3.8) is 0 Å². The molecule has 0 aliphatic heterocycles. The van der Waals surface area contributed by atoms with Crippen LogP contribution in [-0.4, -0.2) is 14.8 Å². The highest BCUT2D eigenvalue weighted by molar-refractivity contribution is 9.10. The molecule has 0 radical (unpaired) electrons. The quantitative estimate of drug-likeness (QED) is 0.896. The summed E-state index contributed by atoms with van der Waals surface area (Å²) >= 11 is 4.98. The maximum absolute atomic E-state index is 12.2. The minimum absolute atomic E-state index is 0.0667. The predicted octanol–water partition coefficient (Wildman–Crippen LogP) is 2.79. The number of nitrogens with one attached hydrogen (secondary N) is 1. The first kappa shape index (κ1) is 13.8. The minimum Gasteiger partial charge on any atom is -0.378 e. The van der Waals surface area contributed by atoms with Gasteiger partial charge in [-0.05, 0) is 41.6 Å². The summed E-state index contributed by atoms with van der Waals surface area (Å²) in [5, 5.41) is 7.48. The molecule has 1 saturated carbocycles. The van der Waals surface area contributed by atoms with Crippen molar-refractivity contribution in [3.8, 4) is 0 Å². The van der Waals surface area contributed by atoms with Gasteiger partial charge in [-0.15, -0.1) is 11.3 Å². The zero-order chi connectivity index (χ0) is 14.1. The second kappa shape index (κ2) is 5.65. The Bertz CT molecular complexity index is 677. The van der Waals surface area contributed by atoms with Crippen LogP contribution in [0.4, 0.5) is 5.69 Å². The topological polar surface area (TPSA) is 59.8 Å². The summed E-state index contributed by atoms with van der Waals surface area (Å²) in [5.41, 5.74) is 3.51. The third kappa shape index (κ3) is 2.93. The zero-order valence-electron chi connectivity index (χ0n) is 11.1. The molecular formula is C13H15BrN4OS. The van der Waals surface area contributed by atoms with Gasteiger partial charge >= 0.3 is 0 Å². The van der Waals surface area contributed by atoms with Gasteiger partial charge in [0.05, 0.1) is 29.6 Å². The van der Waals surface area contributed by atoms with Crippen LogP contribution in [0, 0.1) is 12.8 Å². The number of rotatable bonds is 5. The SMILES string of the molecule is Cc1ncsc1CNc1cnn(CC2CC2)c(=O)c1Br. The lowest BCUT2D eigenvalue weighted by Gasteiger charge is -2.09. The molecule has 2 aromatic rings. The normalized spacial score (nSPS) is 14.5. The molecule has 3 rings (SSSR count). The Morgan fingerprint density at radius 2 is 2.35 bits per heavy atom. The first-order chi connectivity index (χ1) is 9.65. The average Bonchev–Trinajstić information content (AvgIpc) is 3.16. The van der Waals surface area contributed by atoms with E-state index in [0.717, 1.165) is 17.9 Å². The largest absolute Gasteiger partial charge is 0.378 e. The second-order valence-electron chi connectivity index (χ2n) is 5.02. The maximum Gasteiger partial charge on any atom is 0.283 e. The van der Waals surface area contributed by atoms with Gasteiger partial charge in [-0.25, -0.2) is 9.67 Å². The highest BCUT2D eigenvalue weighted by atomic mass is 79.9. The molecule has 1 fully saturated rings. The first-order valence-corrected chi connectivity index (χ1v) is 8.21. The van der Waals surface area contributed by atoms with Crippen LogP contribution in [-0.2, 0) is 13.1 Å². The molecule has 0 saturated heterocycles. The summed E-state index contributed by atoms with van der Waals surface area (Å²) in [4.78, 5) is 17.6. The van der Waals surface area contributed by atoms with Crippen molar-refractivity contribution in [1.29, 1.82) is 0 Å². The third-order valence-electron chi connectivity index (χ3n) is 3.40. The number of halogens is 1.